The van der Waals surface area contributed by atoms with Gasteiger partial charge in [0, 0.05) is 6.54 Å². The van der Waals surface area contributed by atoms with E-state index in [1.807, 2.05) is 12.1 Å². The van der Waals surface area contributed by atoms with Gasteiger partial charge in [-0.05, 0) is 11.1 Å². The van der Waals surface area contributed by atoms with Crippen LogP contribution in [0.5, 0.6) is 0 Å². The van der Waals surface area contributed by atoms with Gasteiger partial charge in [-0.1, -0.05) is 40.2 Å². The van der Waals surface area contributed by atoms with Gasteiger partial charge in [-0.3, -0.25) is 4.79 Å². The van der Waals surface area contributed by atoms with Gasteiger partial charge in [0.1, 0.15) is 4.83 Å². The largest absolute Gasteiger partial charge is 0.480 e. The summed E-state index contributed by atoms with van der Waals surface area (Å²) in [5.41, 5.74) is 7.13. The maximum atomic E-state index is 10.6. The summed E-state index contributed by atoms with van der Waals surface area (Å²) >= 11 is 3.07. The van der Waals surface area contributed by atoms with Gasteiger partial charge in [0.25, 0.3) is 0 Å². The summed E-state index contributed by atoms with van der Waals surface area (Å²) in [7, 11) is 0. The fourth-order valence-electron chi connectivity index (χ4n) is 0.965. The van der Waals surface area contributed by atoms with Crippen molar-refractivity contribution in [3.8, 4) is 0 Å². The maximum Gasteiger partial charge on any atom is 0.321 e. The Kier molecular flexibility index (Phi) is 3.45. The molecule has 0 saturated carbocycles. The highest BCUT2D eigenvalue weighted by molar-refractivity contribution is 9.09. The molecular formula is C9H10BrNO2. The van der Waals surface area contributed by atoms with E-state index in [0.717, 1.165) is 11.1 Å². The molecule has 1 atom stereocenters. The van der Waals surface area contributed by atoms with E-state index in [4.69, 9.17) is 10.8 Å². The van der Waals surface area contributed by atoms with Gasteiger partial charge in [-0.15, -0.1) is 0 Å². The molecule has 1 rings (SSSR count). The van der Waals surface area contributed by atoms with Crippen LogP contribution in [-0.2, 0) is 11.3 Å². The second-order valence-corrected chi connectivity index (χ2v) is 3.56. The third kappa shape index (κ3) is 2.54. The number of carboxylic acids is 1. The van der Waals surface area contributed by atoms with Crippen molar-refractivity contribution < 1.29 is 9.90 Å². The van der Waals surface area contributed by atoms with Crippen LogP contribution in [0, 0.1) is 0 Å². The maximum absolute atomic E-state index is 10.6. The van der Waals surface area contributed by atoms with E-state index in [1.54, 1.807) is 12.1 Å². The smallest absolute Gasteiger partial charge is 0.321 e. The Labute approximate surface area is 84.7 Å². The number of benzene rings is 1. The molecule has 4 heteroatoms. The van der Waals surface area contributed by atoms with Crippen molar-refractivity contribution >= 4 is 21.9 Å². The molecule has 70 valence electrons. The molecule has 1 aromatic rings. The van der Waals surface area contributed by atoms with Gasteiger partial charge in [-0.2, -0.15) is 0 Å². The first-order valence-electron chi connectivity index (χ1n) is 3.81. The summed E-state index contributed by atoms with van der Waals surface area (Å²) in [4.78, 5) is 9.94. The molecule has 3 nitrogen and oxygen atoms in total. The predicted molar refractivity (Wildman–Crippen MR) is 53.6 cm³/mol. The molecule has 0 radical (unpaired) electrons. The number of hydrogen-bond acceptors (Lipinski definition) is 2. The Morgan fingerprint density at radius 1 is 1.46 bits per heavy atom. The summed E-state index contributed by atoms with van der Waals surface area (Å²) < 4.78 is 0. The lowest BCUT2D eigenvalue weighted by atomic mass is 10.1. The summed E-state index contributed by atoms with van der Waals surface area (Å²) in [6.07, 6.45) is 0. The number of hydrogen-bond donors (Lipinski definition) is 2. The zero-order valence-electron chi connectivity index (χ0n) is 6.90. The highest BCUT2D eigenvalue weighted by Crippen LogP contribution is 2.22. The second kappa shape index (κ2) is 4.39. The number of aliphatic carboxylic acids is 1. The molecule has 0 bridgehead atoms. The van der Waals surface area contributed by atoms with E-state index in [2.05, 4.69) is 15.9 Å². The molecular weight excluding hydrogens is 234 g/mol. The lowest BCUT2D eigenvalue weighted by Gasteiger charge is -2.05. The number of carbonyl (C=O) groups is 1. The highest BCUT2D eigenvalue weighted by atomic mass is 79.9. The third-order valence-corrected chi connectivity index (χ3v) is 2.65. The molecule has 0 amide bonds. The van der Waals surface area contributed by atoms with Crippen LogP contribution in [0.3, 0.4) is 0 Å². The molecule has 0 aliphatic heterocycles. The number of rotatable bonds is 3. The van der Waals surface area contributed by atoms with Gasteiger partial charge in [0.05, 0.1) is 0 Å². The van der Waals surface area contributed by atoms with E-state index in [9.17, 15) is 4.79 Å². The molecule has 0 spiro atoms. The van der Waals surface area contributed by atoms with E-state index in [0.29, 0.717) is 6.54 Å². The average molecular weight is 244 g/mol. The Bertz CT molecular complexity index is 297. The van der Waals surface area contributed by atoms with Crippen LogP contribution in [0.25, 0.3) is 0 Å². The summed E-state index contributed by atoms with van der Waals surface area (Å²) in [5.74, 6) is -0.888. The van der Waals surface area contributed by atoms with Crippen LogP contribution >= 0.6 is 15.9 Å². The Balaban J connectivity index is 2.85. The number of alkyl halides is 1. The number of carboxylic acid groups (broad SMARTS) is 1. The first-order chi connectivity index (χ1) is 6.15. The van der Waals surface area contributed by atoms with Crippen molar-refractivity contribution in [3.63, 3.8) is 0 Å². The van der Waals surface area contributed by atoms with Crippen molar-refractivity contribution in [2.24, 2.45) is 5.73 Å². The molecule has 0 saturated heterocycles. The Hall–Kier alpha value is -0.870. The van der Waals surface area contributed by atoms with Gasteiger partial charge in [-0.25, -0.2) is 0 Å². The molecule has 0 fully saturated rings. The van der Waals surface area contributed by atoms with E-state index < -0.39 is 10.8 Å². The van der Waals surface area contributed by atoms with Crippen molar-refractivity contribution in [3.05, 3.63) is 35.4 Å². The number of nitrogens with two attached hydrogens (primary N) is 1. The average Bonchev–Trinajstić information content (AvgIpc) is 2.17. The van der Waals surface area contributed by atoms with Gasteiger partial charge >= 0.3 is 5.97 Å². The molecule has 1 unspecified atom stereocenters. The SMILES string of the molecule is NCc1ccc(C(Br)C(=O)O)cc1. The molecule has 0 aliphatic carbocycles. The van der Waals surface area contributed by atoms with Gasteiger partial charge < -0.3 is 10.8 Å². The normalized spacial score (nSPS) is 12.5. The second-order valence-electron chi connectivity index (χ2n) is 2.65. The first kappa shape index (κ1) is 10.2. The summed E-state index contributed by atoms with van der Waals surface area (Å²) in [5, 5.41) is 8.69. The third-order valence-electron chi connectivity index (χ3n) is 1.72. The zero-order valence-corrected chi connectivity index (χ0v) is 8.49. The fraction of sp³-hybridized carbons (Fsp3) is 0.222. The molecule has 13 heavy (non-hydrogen) atoms. The van der Waals surface area contributed by atoms with Crippen molar-refractivity contribution in [2.45, 2.75) is 11.4 Å². The van der Waals surface area contributed by atoms with Crippen LogP contribution in [0.4, 0.5) is 0 Å². The number of halogens is 1. The quantitative estimate of drug-likeness (QED) is 0.795. The molecule has 0 aromatic heterocycles. The monoisotopic (exact) mass is 243 g/mol. The summed E-state index contributed by atoms with van der Waals surface area (Å²) in [6, 6.07) is 7.17. The van der Waals surface area contributed by atoms with Crippen LogP contribution < -0.4 is 5.73 Å². The van der Waals surface area contributed by atoms with Crippen molar-refractivity contribution in [1.82, 2.24) is 0 Å². The minimum absolute atomic E-state index is 0.473. The van der Waals surface area contributed by atoms with Crippen molar-refractivity contribution in [1.29, 1.82) is 0 Å². The molecule has 1 aromatic carbocycles. The van der Waals surface area contributed by atoms with E-state index >= 15 is 0 Å². The first-order valence-corrected chi connectivity index (χ1v) is 4.72. The Morgan fingerprint density at radius 3 is 2.38 bits per heavy atom. The zero-order chi connectivity index (χ0) is 9.84. The Morgan fingerprint density at radius 2 is 2.00 bits per heavy atom. The fourth-order valence-corrected chi connectivity index (χ4v) is 1.27. The molecule has 3 N–H and O–H groups in total. The van der Waals surface area contributed by atoms with Crippen LogP contribution in [0.15, 0.2) is 24.3 Å². The topological polar surface area (TPSA) is 63.3 Å². The van der Waals surface area contributed by atoms with E-state index in [-0.39, 0.29) is 0 Å². The minimum atomic E-state index is -0.888. The van der Waals surface area contributed by atoms with Gasteiger partial charge in [0.15, 0.2) is 0 Å². The van der Waals surface area contributed by atoms with Crippen LogP contribution in [-0.4, -0.2) is 11.1 Å². The van der Waals surface area contributed by atoms with E-state index in [1.165, 1.54) is 0 Å². The molecule has 0 aliphatic rings. The minimum Gasteiger partial charge on any atom is -0.480 e. The molecule has 0 heterocycles. The summed E-state index contributed by atoms with van der Waals surface area (Å²) in [6.45, 7) is 0.473. The highest BCUT2D eigenvalue weighted by Gasteiger charge is 2.14. The lowest BCUT2D eigenvalue weighted by molar-refractivity contribution is -0.136. The van der Waals surface area contributed by atoms with Crippen LogP contribution in [0.2, 0.25) is 0 Å². The lowest BCUT2D eigenvalue weighted by Crippen LogP contribution is -2.04. The standard InChI is InChI=1S/C9H10BrNO2/c10-8(9(12)13)7-3-1-6(5-11)2-4-7/h1-4,8H,5,11H2,(H,12,13). The van der Waals surface area contributed by atoms with Gasteiger partial charge in [0.2, 0.25) is 0 Å². The van der Waals surface area contributed by atoms with Crippen molar-refractivity contribution in [2.75, 3.05) is 0 Å². The predicted octanol–water partition coefficient (Wildman–Crippen LogP) is 1.67. The van der Waals surface area contributed by atoms with Crippen LogP contribution in [0.1, 0.15) is 16.0 Å².